The smallest absolute Gasteiger partial charge is 0.256 e. The lowest BCUT2D eigenvalue weighted by Crippen LogP contribution is -2.45. The third-order valence-corrected chi connectivity index (χ3v) is 8.89. The molecule has 2 fully saturated rings. The van der Waals surface area contributed by atoms with Gasteiger partial charge in [-0.15, -0.1) is 10.2 Å². The first-order valence-electron chi connectivity index (χ1n) is 16.2. The fourth-order valence-corrected chi connectivity index (χ4v) is 6.16. The van der Waals surface area contributed by atoms with Crippen molar-refractivity contribution in [2.75, 3.05) is 38.2 Å². The predicted octanol–water partition coefficient (Wildman–Crippen LogP) is 4.55. The van der Waals surface area contributed by atoms with E-state index in [1.807, 2.05) is 29.9 Å². The Morgan fingerprint density at radius 3 is 2.53 bits per heavy atom. The molecule has 1 saturated carbocycles. The van der Waals surface area contributed by atoms with E-state index in [9.17, 15) is 5.11 Å². The quantitative estimate of drug-likeness (QED) is 0.206. The summed E-state index contributed by atoms with van der Waals surface area (Å²) >= 11 is 6.45. The van der Waals surface area contributed by atoms with E-state index in [4.69, 9.17) is 30.9 Å². The van der Waals surface area contributed by atoms with Crippen LogP contribution in [-0.2, 0) is 11.3 Å². The fourth-order valence-electron chi connectivity index (χ4n) is 6.00. The lowest BCUT2D eigenvalue weighted by Gasteiger charge is -2.38. The molecule has 1 aromatic carbocycles. The summed E-state index contributed by atoms with van der Waals surface area (Å²) in [5, 5.41) is 30.1. The number of hydrogen-bond donors (Lipinski definition) is 2. The molecule has 0 amide bonds. The number of anilines is 2. The zero-order valence-electron chi connectivity index (χ0n) is 27.1. The van der Waals surface area contributed by atoms with Gasteiger partial charge in [-0.1, -0.05) is 17.7 Å². The molecule has 1 saturated heterocycles. The molecule has 1 aliphatic carbocycles. The molecule has 0 radical (unpaired) electrons. The maximum atomic E-state index is 10.2. The number of nitrogens with one attached hydrogen (secondary N) is 1. The zero-order valence-corrected chi connectivity index (χ0v) is 27.9. The number of hydrogen-bond acceptors (Lipinski definition) is 12. The standard InChI is InChI=1S/C32H43ClN10O4/c1-22(19-42-21-36-39-40-42)47-29-16-23(4-9-27(29)33)24-17-34-31(35-18-24)37-28-20-43(38-30(28)46-13-10-32(2,3)44)26-7-5-25(6-8-26)41-11-14-45-15-12-41/h4,9,16-18,20-22,25-26,44H,5-8,10-15,19H2,1-3H3,(H,34,35,37)/t22-,25?,26?/m0/s1. The van der Waals surface area contributed by atoms with Crippen molar-refractivity contribution >= 4 is 23.2 Å². The minimum absolute atomic E-state index is 0.213. The second-order valence-electron chi connectivity index (χ2n) is 12.9. The molecule has 3 aromatic heterocycles. The molecule has 4 heterocycles. The summed E-state index contributed by atoms with van der Waals surface area (Å²) in [6, 6.07) is 6.44. The molecule has 1 atom stereocenters. The average molecular weight is 667 g/mol. The largest absolute Gasteiger partial charge is 0.487 e. The SMILES string of the molecule is C[C@@H](Cn1cnnn1)Oc1cc(-c2cnc(Nc3cn(C4CCC(N5CCOCC5)CC4)nc3OCCC(C)(C)O)nc2)ccc1Cl. The molecule has 252 valence electrons. The Bertz CT molecular complexity index is 1560. The van der Waals surface area contributed by atoms with Gasteiger partial charge in [-0.3, -0.25) is 9.58 Å². The van der Waals surface area contributed by atoms with Crippen molar-refractivity contribution in [3.63, 3.8) is 0 Å². The Balaban J connectivity index is 1.13. The minimum Gasteiger partial charge on any atom is -0.487 e. The highest BCUT2D eigenvalue weighted by Crippen LogP contribution is 2.35. The van der Waals surface area contributed by atoms with Crippen LogP contribution >= 0.6 is 11.6 Å². The van der Waals surface area contributed by atoms with Crippen molar-refractivity contribution in [1.29, 1.82) is 0 Å². The highest BCUT2D eigenvalue weighted by Gasteiger charge is 2.29. The average Bonchev–Trinajstić information content (AvgIpc) is 3.72. The molecule has 0 spiro atoms. The highest BCUT2D eigenvalue weighted by molar-refractivity contribution is 6.32. The van der Waals surface area contributed by atoms with Crippen LogP contribution in [0.1, 0.15) is 58.9 Å². The molecular weight excluding hydrogens is 624 g/mol. The number of aromatic nitrogens is 8. The first-order valence-corrected chi connectivity index (χ1v) is 16.6. The summed E-state index contributed by atoms with van der Waals surface area (Å²) in [6.07, 6.45) is 11.6. The number of benzene rings is 1. The molecule has 4 aromatic rings. The number of aliphatic hydroxyl groups is 1. The number of halogens is 1. The third-order valence-electron chi connectivity index (χ3n) is 8.58. The van der Waals surface area contributed by atoms with Gasteiger partial charge in [-0.25, -0.2) is 14.6 Å². The first-order chi connectivity index (χ1) is 22.7. The summed E-state index contributed by atoms with van der Waals surface area (Å²) in [4.78, 5) is 11.7. The molecule has 0 unspecified atom stereocenters. The van der Waals surface area contributed by atoms with E-state index < -0.39 is 5.60 Å². The van der Waals surface area contributed by atoms with Gasteiger partial charge in [0.05, 0.1) is 49.2 Å². The zero-order chi connectivity index (χ0) is 32.8. The van der Waals surface area contributed by atoms with E-state index in [0.717, 1.165) is 63.1 Å². The normalized spacial score (nSPS) is 19.8. The lowest BCUT2D eigenvalue weighted by molar-refractivity contribution is 0.00501. The molecule has 6 rings (SSSR count). The third kappa shape index (κ3) is 8.95. The van der Waals surface area contributed by atoms with Crippen LogP contribution in [0.15, 0.2) is 43.1 Å². The van der Waals surface area contributed by atoms with Gasteiger partial charge in [0, 0.05) is 43.5 Å². The summed E-state index contributed by atoms with van der Waals surface area (Å²) in [6.45, 7) is 9.93. The molecule has 1 aliphatic heterocycles. The molecule has 2 aliphatic rings. The summed E-state index contributed by atoms with van der Waals surface area (Å²) in [5.41, 5.74) is 1.51. The Hall–Kier alpha value is -3.85. The lowest BCUT2D eigenvalue weighted by atomic mass is 9.90. The van der Waals surface area contributed by atoms with Crippen molar-refractivity contribution in [1.82, 2.24) is 44.9 Å². The van der Waals surface area contributed by atoms with E-state index in [-0.39, 0.29) is 12.1 Å². The van der Waals surface area contributed by atoms with Crippen molar-refractivity contribution in [3.05, 3.63) is 48.1 Å². The number of rotatable bonds is 13. The van der Waals surface area contributed by atoms with Crippen molar-refractivity contribution < 1.29 is 19.3 Å². The second-order valence-corrected chi connectivity index (χ2v) is 13.3. The minimum atomic E-state index is -0.841. The van der Waals surface area contributed by atoms with Gasteiger partial charge >= 0.3 is 0 Å². The van der Waals surface area contributed by atoms with Crippen molar-refractivity contribution in [2.45, 2.75) is 83.2 Å². The molecule has 2 N–H and O–H groups in total. The number of tetrazole rings is 1. The second kappa shape index (κ2) is 14.9. The Morgan fingerprint density at radius 2 is 1.83 bits per heavy atom. The molecule has 14 nitrogen and oxygen atoms in total. The van der Waals surface area contributed by atoms with Crippen LogP contribution < -0.4 is 14.8 Å². The summed E-state index contributed by atoms with van der Waals surface area (Å²) in [5.74, 6) is 1.43. The summed E-state index contributed by atoms with van der Waals surface area (Å²) in [7, 11) is 0. The van der Waals surface area contributed by atoms with Crippen LogP contribution in [0.25, 0.3) is 11.1 Å². The maximum Gasteiger partial charge on any atom is 0.256 e. The predicted molar refractivity (Wildman–Crippen MR) is 176 cm³/mol. The number of nitrogens with zero attached hydrogens (tertiary/aromatic N) is 9. The molecule has 47 heavy (non-hydrogen) atoms. The van der Waals surface area contributed by atoms with Crippen molar-refractivity contribution in [2.24, 2.45) is 0 Å². The van der Waals surface area contributed by atoms with Gasteiger partial charge in [0.2, 0.25) is 5.95 Å². The van der Waals surface area contributed by atoms with Gasteiger partial charge in [-0.05, 0) is 74.6 Å². The van der Waals surface area contributed by atoms with Crippen LogP contribution in [-0.4, -0.2) is 101 Å². The highest BCUT2D eigenvalue weighted by atomic mass is 35.5. The molecule has 15 heteroatoms. The topological polar surface area (TPSA) is 150 Å². The monoisotopic (exact) mass is 666 g/mol. The summed E-state index contributed by atoms with van der Waals surface area (Å²) < 4.78 is 21.3. The van der Waals surface area contributed by atoms with E-state index in [1.165, 1.54) is 0 Å². The van der Waals surface area contributed by atoms with Gasteiger partial charge in [0.15, 0.2) is 0 Å². The molecule has 0 bridgehead atoms. The number of morpholine rings is 1. The van der Waals surface area contributed by atoms with Gasteiger partial charge < -0.3 is 24.6 Å². The van der Waals surface area contributed by atoms with E-state index in [1.54, 1.807) is 43.3 Å². The van der Waals surface area contributed by atoms with Gasteiger partial charge in [0.25, 0.3) is 5.88 Å². The van der Waals surface area contributed by atoms with Crippen LogP contribution in [0.4, 0.5) is 11.6 Å². The fraction of sp³-hybridized carbons (Fsp3) is 0.562. The Kier molecular flexibility index (Phi) is 10.5. The Labute approximate surface area is 279 Å². The van der Waals surface area contributed by atoms with Crippen molar-refractivity contribution in [3.8, 4) is 22.8 Å². The van der Waals surface area contributed by atoms with Crippen LogP contribution in [0.2, 0.25) is 5.02 Å². The first kappa shape index (κ1) is 33.1. The Morgan fingerprint density at radius 1 is 1.09 bits per heavy atom. The van der Waals surface area contributed by atoms with Crippen LogP contribution in [0, 0.1) is 0 Å². The van der Waals surface area contributed by atoms with E-state index >= 15 is 0 Å². The van der Waals surface area contributed by atoms with E-state index in [0.29, 0.717) is 53.9 Å². The van der Waals surface area contributed by atoms with Gasteiger partial charge in [0.1, 0.15) is 23.9 Å². The van der Waals surface area contributed by atoms with Crippen LogP contribution in [0.3, 0.4) is 0 Å². The van der Waals surface area contributed by atoms with Gasteiger partial charge in [-0.2, -0.15) is 0 Å². The van der Waals surface area contributed by atoms with E-state index in [2.05, 4.69) is 35.7 Å². The maximum absolute atomic E-state index is 10.2. The van der Waals surface area contributed by atoms with Crippen LogP contribution in [0.5, 0.6) is 11.6 Å². The number of ether oxygens (including phenoxy) is 3. The molecular formula is C32H43ClN10O4.